The molecule has 0 saturated heterocycles. The van der Waals surface area contributed by atoms with Crippen LogP contribution in [0.4, 0.5) is 0 Å². The van der Waals surface area contributed by atoms with Gasteiger partial charge in [0.05, 0.1) is 12.6 Å². The number of nitrogens with one attached hydrogen (secondary N) is 1. The summed E-state index contributed by atoms with van der Waals surface area (Å²) in [5.41, 5.74) is 2.27. The fourth-order valence-electron chi connectivity index (χ4n) is 2.78. The number of amides is 1. The molecule has 1 aromatic heterocycles. The molecule has 4 heteroatoms. The van der Waals surface area contributed by atoms with E-state index in [0.717, 1.165) is 16.2 Å². The van der Waals surface area contributed by atoms with Crippen LogP contribution in [0.3, 0.4) is 0 Å². The van der Waals surface area contributed by atoms with Crippen molar-refractivity contribution in [1.82, 2.24) is 5.32 Å². The van der Waals surface area contributed by atoms with Crippen molar-refractivity contribution < 1.29 is 9.53 Å². The normalized spacial score (nSPS) is 11.7. The first-order valence-electron chi connectivity index (χ1n) is 8.79. The fourth-order valence-corrected chi connectivity index (χ4v) is 3.58. The summed E-state index contributed by atoms with van der Waals surface area (Å²) in [4.78, 5) is 13.6. The Bertz CT molecular complexity index is 815. The maximum Gasteiger partial charge on any atom is 0.220 e. The van der Waals surface area contributed by atoms with Gasteiger partial charge in [0.2, 0.25) is 5.91 Å². The van der Waals surface area contributed by atoms with Crippen LogP contribution >= 0.6 is 11.3 Å². The van der Waals surface area contributed by atoms with E-state index in [9.17, 15) is 4.79 Å². The predicted octanol–water partition coefficient (Wildman–Crippen LogP) is 5.12. The summed E-state index contributed by atoms with van der Waals surface area (Å²) in [7, 11) is 0. The van der Waals surface area contributed by atoms with Crippen molar-refractivity contribution in [2.75, 3.05) is 6.61 Å². The standard InChI is InChI=1S/C22H23NO2S/c1-17-8-5-11-19(16-17)25-14-6-13-21(24)23-22(20-12-7-15-26-20)18-9-3-2-4-10-18/h2-5,7-12,15-16,22H,6,13-14H2,1H3,(H,23,24)/t22-/m1/s1. The Hall–Kier alpha value is -2.59. The molecule has 0 saturated carbocycles. The molecular formula is C22H23NO2S. The van der Waals surface area contributed by atoms with E-state index in [-0.39, 0.29) is 11.9 Å². The van der Waals surface area contributed by atoms with E-state index in [4.69, 9.17) is 4.74 Å². The highest BCUT2D eigenvalue weighted by molar-refractivity contribution is 7.10. The average Bonchev–Trinajstić information content (AvgIpc) is 3.18. The molecule has 1 N–H and O–H groups in total. The molecule has 0 bridgehead atoms. The van der Waals surface area contributed by atoms with E-state index in [2.05, 4.69) is 11.4 Å². The second-order valence-corrected chi connectivity index (χ2v) is 7.17. The third-order valence-corrected chi connectivity index (χ3v) is 5.01. The summed E-state index contributed by atoms with van der Waals surface area (Å²) in [6, 6.07) is 22.0. The summed E-state index contributed by atoms with van der Waals surface area (Å²) in [6.07, 6.45) is 1.13. The minimum absolute atomic E-state index is 0.0418. The van der Waals surface area contributed by atoms with Gasteiger partial charge in [-0.15, -0.1) is 11.3 Å². The number of thiophene rings is 1. The summed E-state index contributed by atoms with van der Waals surface area (Å²) in [5, 5.41) is 5.19. The second-order valence-electron chi connectivity index (χ2n) is 6.20. The van der Waals surface area contributed by atoms with Crippen molar-refractivity contribution in [1.29, 1.82) is 0 Å². The van der Waals surface area contributed by atoms with Gasteiger partial charge in [-0.2, -0.15) is 0 Å². The molecule has 3 nitrogen and oxygen atoms in total. The quantitative estimate of drug-likeness (QED) is 0.563. The molecule has 3 rings (SSSR count). The van der Waals surface area contributed by atoms with Gasteiger partial charge in [-0.25, -0.2) is 0 Å². The van der Waals surface area contributed by atoms with Gasteiger partial charge < -0.3 is 10.1 Å². The molecule has 26 heavy (non-hydrogen) atoms. The van der Waals surface area contributed by atoms with Gasteiger partial charge in [-0.3, -0.25) is 4.79 Å². The molecule has 0 spiro atoms. The van der Waals surface area contributed by atoms with Crippen LogP contribution in [0.2, 0.25) is 0 Å². The minimum Gasteiger partial charge on any atom is -0.494 e. The lowest BCUT2D eigenvalue weighted by Gasteiger charge is -2.18. The first-order chi connectivity index (χ1) is 12.7. The van der Waals surface area contributed by atoms with Crippen molar-refractivity contribution in [3.05, 3.63) is 88.1 Å². The highest BCUT2D eigenvalue weighted by atomic mass is 32.1. The Morgan fingerprint density at radius 1 is 1.08 bits per heavy atom. The molecule has 134 valence electrons. The summed E-state index contributed by atoms with van der Waals surface area (Å²) in [5.74, 6) is 0.895. The van der Waals surface area contributed by atoms with E-state index < -0.39 is 0 Å². The summed E-state index contributed by atoms with van der Waals surface area (Å²) < 4.78 is 5.72. The lowest BCUT2D eigenvalue weighted by atomic mass is 10.1. The van der Waals surface area contributed by atoms with Crippen molar-refractivity contribution in [2.45, 2.75) is 25.8 Å². The fraction of sp³-hybridized carbons (Fsp3) is 0.227. The Balaban J connectivity index is 1.52. The Labute approximate surface area is 158 Å². The molecule has 3 aromatic rings. The number of carbonyl (C=O) groups excluding carboxylic acids is 1. The third-order valence-electron chi connectivity index (χ3n) is 4.07. The van der Waals surface area contributed by atoms with Crippen molar-refractivity contribution >= 4 is 17.2 Å². The number of rotatable bonds is 8. The largest absolute Gasteiger partial charge is 0.494 e. The van der Waals surface area contributed by atoms with Crippen molar-refractivity contribution in [2.24, 2.45) is 0 Å². The smallest absolute Gasteiger partial charge is 0.220 e. The van der Waals surface area contributed by atoms with E-state index in [1.165, 1.54) is 5.56 Å². The molecule has 0 radical (unpaired) electrons. The predicted molar refractivity (Wildman–Crippen MR) is 107 cm³/mol. The lowest BCUT2D eigenvalue weighted by molar-refractivity contribution is -0.121. The third kappa shape index (κ3) is 5.20. The van der Waals surface area contributed by atoms with Crippen LogP contribution in [0, 0.1) is 6.92 Å². The zero-order valence-corrected chi connectivity index (χ0v) is 15.7. The van der Waals surface area contributed by atoms with E-state index in [1.807, 2.05) is 73.0 Å². The minimum atomic E-state index is -0.0959. The maximum absolute atomic E-state index is 12.4. The SMILES string of the molecule is Cc1cccc(OCCCC(=O)N[C@H](c2ccccc2)c2cccs2)c1. The van der Waals surface area contributed by atoms with Crippen LogP contribution in [0.25, 0.3) is 0 Å². The van der Waals surface area contributed by atoms with Crippen molar-refractivity contribution in [3.63, 3.8) is 0 Å². The number of ether oxygens (including phenoxy) is 1. The Kier molecular flexibility index (Phi) is 6.45. The molecule has 0 aliphatic carbocycles. The van der Waals surface area contributed by atoms with Crippen LogP contribution in [-0.2, 0) is 4.79 Å². The van der Waals surface area contributed by atoms with Crippen molar-refractivity contribution in [3.8, 4) is 5.75 Å². The molecule has 0 aliphatic heterocycles. The zero-order valence-electron chi connectivity index (χ0n) is 14.9. The van der Waals surface area contributed by atoms with Gasteiger partial charge in [0.15, 0.2) is 0 Å². The molecule has 0 unspecified atom stereocenters. The molecule has 1 atom stereocenters. The first-order valence-corrected chi connectivity index (χ1v) is 9.67. The monoisotopic (exact) mass is 365 g/mol. The van der Waals surface area contributed by atoms with Gasteiger partial charge in [-0.1, -0.05) is 48.5 Å². The number of benzene rings is 2. The van der Waals surface area contributed by atoms with E-state index in [1.54, 1.807) is 11.3 Å². The van der Waals surface area contributed by atoms with Crippen LogP contribution < -0.4 is 10.1 Å². The molecule has 0 aliphatic rings. The molecule has 2 aromatic carbocycles. The van der Waals surface area contributed by atoms with Gasteiger partial charge >= 0.3 is 0 Å². The number of carbonyl (C=O) groups is 1. The topological polar surface area (TPSA) is 38.3 Å². The van der Waals surface area contributed by atoms with E-state index >= 15 is 0 Å². The van der Waals surface area contributed by atoms with Gasteiger partial charge in [0, 0.05) is 11.3 Å². The van der Waals surface area contributed by atoms with Crippen LogP contribution in [0.15, 0.2) is 72.1 Å². The lowest BCUT2D eigenvalue weighted by Crippen LogP contribution is -2.28. The number of aryl methyl sites for hydroxylation is 1. The summed E-state index contributed by atoms with van der Waals surface area (Å²) in [6.45, 7) is 2.57. The average molecular weight is 365 g/mol. The molecule has 0 fully saturated rings. The van der Waals surface area contributed by atoms with Crippen LogP contribution in [0.5, 0.6) is 5.75 Å². The van der Waals surface area contributed by atoms with Gasteiger partial charge in [0.25, 0.3) is 0 Å². The Morgan fingerprint density at radius 2 is 1.92 bits per heavy atom. The molecular weight excluding hydrogens is 342 g/mol. The number of hydrogen-bond donors (Lipinski definition) is 1. The zero-order chi connectivity index (χ0) is 18.2. The molecule has 1 amide bonds. The van der Waals surface area contributed by atoms with Gasteiger partial charge in [-0.05, 0) is 48.1 Å². The number of hydrogen-bond acceptors (Lipinski definition) is 3. The highest BCUT2D eigenvalue weighted by Crippen LogP contribution is 2.26. The Morgan fingerprint density at radius 3 is 2.65 bits per heavy atom. The van der Waals surface area contributed by atoms with E-state index in [0.29, 0.717) is 19.4 Å². The summed E-state index contributed by atoms with van der Waals surface area (Å²) >= 11 is 1.66. The van der Waals surface area contributed by atoms with Gasteiger partial charge in [0.1, 0.15) is 5.75 Å². The second kappa shape index (κ2) is 9.20. The van der Waals surface area contributed by atoms with Crippen LogP contribution in [0.1, 0.15) is 34.9 Å². The van der Waals surface area contributed by atoms with Crippen LogP contribution in [-0.4, -0.2) is 12.5 Å². The molecule has 1 heterocycles. The maximum atomic E-state index is 12.4. The highest BCUT2D eigenvalue weighted by Gasteiger charge is 2.17. The first kappa shape index (κ1) is 18.2.